The fourth-order valence-corrected chi connectivity index (χ4v) is 6.95. The quantitative estimate of drug-likeness (QED) is 0.617. The summed E-state index contributed by atoms with van der Waals surface area (Å²) in [6, 6.07) is 2.04. The van der Waals surface area contributed by atoms with Crippen molar-refractivity contribution < 1.29 is 4.79 Å². The van der Waals surface area contributed by atoms with Crippen LogP contribution in [0.1, 0.15) is 58.2 Å². The van der Waals surface area contributed by atoms with Gasteiger partial charge >= 0.3 is 163 Å². The molecule has 0 atom stereocenters. The van der Waals surface area contributed by atoms with Gasteiger partial charge in [-0.15, -0.1) is 0 Å². The molecule has 0 saturated carbocycles. The van der Waals surface area contributed by atoms with E-state index >= 15 is 0 Å². The number of fused-ring (bicyclic) bond motifs is 3. The maximum absolute atomic E-state index is 12.0. The SMILES string of the molecule is CC(C)(C)c1cc(Nc2ncnc3[se]c4c(c23)CCCC4)c(C(N)=O)s1. The number of aromatic nitrogens is 2. The monoisotopic (exact) mass is 434 g/mol. The van der Waals surface area contributed by atoms with Crippen molar-refractivity contribution in [2.45, 2.75) is 51.9 Å². The van der Waals surface area contributed by atoms with Gasteiger partial charge < -0.3 is 0 Å². The maximum atomic E-state index is 12.0. The van der Waals surface area contributed by atoms with Crippen LogP contribution in [0.2, 0.25) is 0 Å². The number of amides is 1. The number of anilines is 2. The number of thiophene rings is 1. The van der Waals surface area contributed by atoms with E-state index in [9.17, 15) is 4.79 Å². The Kier molecular flexibility index (Phi) is 4.41. The molecule has 5 nitrogen and oxygen atoms in total. The fourth-order valence-electron chi connectivity index (χ4n) is 3.35. The van der Waals surface area contributed by atoms with Crippen molar-refractivity contribution in [1.29, 1.82) is 0 Å². The van der Waals surface area contributed by atoms with Crippen molar-refractivity contribution in [2.75, 3.05) is 5.32 Å². The Morgan fingerprint density at radius 3 is 2.77 bits per heavy atom. The van der Waals surface area contributed by atoms with Gasteiger partial charge in [-0.1, -0.05) is 0 Å². The van der Waals surface area contributed by atoms with Gasteiger partial charge in [-0.05, 0) is 0 Å². The Labute approximate surface area is 162 Å². The van der Waals surface area contributed by atoms with E-state index in [2.05, 4.69) is 36.1 Å². The van der Waals surface area contributed by atoms with Crippen LogP contribution in [0.15, 0.2) is 12.4 Å². The Balaban J connectivity index is 1.82. The zero-order valence-electron chi connectivity index (χ0n) is 15.2. The summed E-state index contributed by atoms with van der Waals surface area (Å²) in [7, 11) is 0. The van der Waals surface area contributed by atoms with Gasteiger partial charge in [-0.3, -0.25) is 0 Å². The number of carbonyl (C=O) groups excluding carboxylic acids is 1. The Hall–Kier alpha value is -1.69. The second-order valence-corrected chi connectivity index (χ2v) is 11.0. The number of primary amides is 1. The van der Waals surface area contributed by atoms with E-state index in [1.807, 2.05) is 6.07 Å². The summed E-state index contributed by atoms with van der Waals surface area (Å²) in [5.74, 6) is 0.407. The summed E-state index contributed by atoms with van der Waals surface area (Å²) < 4.78 is 2.73. The molecule has 3 aromatic rings. The first-order valence-corrected chi connectivity index (χ1v) is 11.3. The summed E-state index contributed by atoms with van der Waals surface area (Å²) in [6.07, 6.45) is 6.41. The normalized spacial score (nSPS) is 14.4. The molecule has 0 bridgehead atoms. The van der Waals surface area contributed by atoms with E-state index in [0.717, 1.165) is 27.2 Å². The molecule has 0 aliphatic heterocycles. The predicted molar refractivity (Wildman–Crippen MR) is 108 cm³/mol. The van der Waals surface area contributed by atoms with Gasteiger partial charge in [0.1, 0.15) is 0 Å². The first kappa shape index (κ1) is 17.7. The van der Waals surface area contributed by atoms with Gasteiger partial charge in [0.25, 0.3) is 0 Å². The zero-order chi connectivity index (χ0) is 18.5. The molecule has 0 aromatic carbocycles. The van der Waals surface area contributed by atoms with Crippen LogP contribution in [0.4, 0.5) is 11.5 Å². The summed E-state index contributed by atoms with van der Waals surface area (Å²) >= 11 is 1.77. The summed E-state index contributed by atoms with van der Waals surface area (Å²) in [6.45, 7) is 6.41. The van der Waals surface area contributed by atoms with Crippen molar-refractivity contribution in [3.8, 4) is 0 Å². The number of aryl methyl sites for hydroxylation is 2. The first-order valence-electron chi connectivity index (χ1n) is 8.81. The van der Waals surface area contributed by atoms with E-state index in [1.54, 1.807) is 10.8 Å². The summed E-state index contributed by atoms with van der Waals surface area (Å²) in [4.78, 5) is 22.7. The fraction of sp³-hybridized carbons (Fsp3) is 0.421. The molecule has 136 valence electrons. The van der Waals surface area contributed by atoms with Gasteiger partial charge in [-0.2, -0.15) is 0 Å². The van der Waals surface area contributed by atoms with Crippen molar-refractivity contribution in [3.05, 3.63) is 32.1 Å². The second kappa shape index (κ2) is 6.48. The van der Waals surface area contributed by atoms with Gasteiger partial charge in [0, 0.05) is 0 Å². The van der Waals surface area contributed by atoms with Crippen molar-refractivity contribution in [1.82, 2.24) is 9.97 Å². The third-order valence-corrected chi connectivity index (χ3v) is 8.79. The molecule has 0 unspecified atom stereocenters. The average Bonchev–Trinajstić information content (AvgIpc) is 3.16. The molecule has 3 heterocycles. The topological polar surface area (TPSA) is 80.9 Å². The van der Waals surface area contributed by atoms with Crippen LogP contribution in [0.5, 0.6) is 0 Å². The third-order valence-electron chi connectivity index (χ3n) is 4.70. The molecule has 0 saturated heterocycles. The summed E-state index contributed by atoms with van der Waals surface area (Å²) in [5, 5.41) is 4.58. The van der Waals surface area contributed by atoms with Gasteiger partial charge in [0.15, 0.2) is 0 Å². The van der Waals surface area contributed by atoms with Crippen LogP contribution in [-0.2, 0) is 18.3 Å². The zero-order valence-corrected chi connectivity index (χ0v) is 17.7. The number of nitrogens with one attached hydrogen (secondary N) is 1. The van der Waals surface area contributed by atoms with E-state index in [4.69, 9.17) is 5.73 Å². The van der Waals surface area contributed by atoms with Crippen LogP contribution in [-0.4, -0.2) is 30.4 Å². The van der Waals surface area contributed by atoms with Crippen LogP contribution in [0, 0.1) is 0 Å². The molecule has 3 aromatic heterocycles. The predicted octanol–water partition coefficient (Wildman–Crippen LogP) is 3.77. The van der Waals surface area contributed by atoms with Crippen LogP contribution < -0.4 is 11.1 Å². The molecule has 1 amide bonds. The summed E-state index contributed by atoms with van der Waals surface area (Å²) in [5.41, 5.74) is 7.79. The van der Waals surface area contributed by atoms with E-state index in [0.29, 0.717) is 19.4 Å². The van der Waals surface area contributed by atoms with E-state index in [-0.39, 0.29) is 5.41 Å². The standard InChI is InChI=1S/C19H22N4OSSe/c1-19(2,3)13-8-11(15(25-13)16(20)24)23-17-14-10-6-4-5-7-12(10)26-18(14)22-9-21-17/h8-9H,4-7H2,1-3H3,(H2,20,24)(H,21,22,23). The average molecular weight is 433 g/mol. The molecular formula is C19H22N4OSSe. The molecule has 7 heteroatoms. The molecule has 1 aliphatic rings. The second-order valence-electron chi connectivity index (χ2n) is 7.71. The first-order chi connectivity index (χ1) is 12.3. The Bertz CT molecular complexity index is 999. The van der Waals surface area contributed by atoms with Crippen molar-refractivity contribution in [2.24, 2.45) is 5.73 Å². The van der Waals surface area contributed by atoms with E-state index in [1.165, 1.54) is 41.5 Å². The minimum absolute atomic E-state index is 0.0371. The van der Waals surface area contributed by atoms with Crippen LogP contribution in [0.3, 0.4) is 0 Å². The van der Waals surface area contributed by atoms with Gasteiger partial charge in [-0.25, -0.2) is 0 Å². The van der Waals surface area contributed by atoms with Crippen molar-refractivity contribution >= 4 is 53.0 Å². The number of carbonyl (C=O) groups is 1. The molecular weight excluding hydrogens is 411 g/mol. The molecule has 0 spiro atoms. The van der Waals surface area contributed by atoms with E-state index < -0.39 is 5.91 Å². The molecule has 26 heavy (non-hydrogen) atoms. The Morgan fingerprint density at radius 2 is 2.04 bits per heavy atom. The molecule has 0 fully saturated rings. The number of rotatable bonds is 3. The number of nitrogens with two attached hydrogens (primary N) is 1. The molecule has 1 aliphatic carbocycles. The van der Waals surface area contributed by atoms with Crippen molar-refractivity contribution in [3.63, 3.8) is 0 Å². The van der Waals surface area contributed by atoms with Gasteiger partial charge in [0.2, 0.25) is 0 Å². The molecule has 3 N–H and O–H groups in total. The molecule has 0 radical (unpaired) electrons. The van der Waals surface area contributed by atoms with Gasteiger partial charge in [0.05, 0.1) is 0 Å². The molecule has 4 rings (SSSR count). The number of nitrogens with zero attached hydrogens (tertiary/aromatic N) is 2. The third kappa shape index (κ3) is 3.08. The van der Waals surface area contributed by atoms with Crippen LogP contribution in [0.25, 0.3) is 9.78 Å². The Morgan fingerprint density at radius 1 is 1.27 bits per heavy atom. The van der Waals surface area contributed by atoms with Crippen LogP contribution >= 0.6 is 11.3 Å². The minimum atomic E-state index is -0.402. The number of hydrogen-bond donors (Lipinski definition) is 2. The number of hydrogen-bond acceptors (Lipinski definition) is 5.